The average molecular weight is 241 g/mol. The lowest BCUT2D eigenvalue weighted by Gasteiger charge is -2.04. The summed E-state index contributed by atoms with van der Waals surface area (Å²) in [6, 6.07) is 0. The molecule has 17 heavy (non-hydrogen) atoms. The molecule has 7 nitrogen and oxygen atoms in total. The van der Waals surface area contributed by atoms with Gasteiger partial charge in [-0.05, 0) is 13.5 Å². The van der Waals surface area contributed by atoms with E-state index >= 15 is 0 Å². The zero-order valence-electron chi connectivity index (χ0n) is 10.5. The molecule has 96 valence electrons. The molecule has 0 aliphatic heterocycles. The molecule has 0 radical (unpaired) electrons. The molecule has 1 heterocycles. The summed E-state index contributed by atoms with van der Waals surface area (Å²) < 4.78 is 1.54. The van der Waals surface area contributed by atoms with Crippen molar-refractivity contribution in [3.63, 3.8) is 0 Å². The molecule has 1 aromatic heterocycles. The molecule has 7 heteroatoms. The first-order valence-electron chi connectivity index (χ1n) is 5.70. The van der Waals surface area contributed by atoms with Crippen LogP contribution in [0.5, 0.6) is 0 Å². The fourth-order valence-electron chi connectivity index (χ4n) is 1.67. The Morgan fingerprint density at radius 2 is 2.18 bits per heavy atom. The monoisotopic (exact) mass is 241 g/mol. The highest BCUT2D eigenvalue weighted by Crippen LogP contribution is 2.28. The smallest absolute Gasteiger partial charge is 0.333 e. The topological polar surface area (TPSA) is 85.0 Å². The molecule has 0 amide bonds. The van der Waals surface area contributed by atoms with Crippen molar-refractivity contribution in [3.8, 4) is 0 Å². The van der Waals surface area contributed by atoms with Crippen LogP contribution in [-0.4, -0.2) is 34.8 Å². The van der Waals surface area contributed by atoms with Gasteiger partial charge < -0.3 is 10.6 Å². The lowest BCUT2D eigenvalue weighted by Crippen LogP contribution is -2.19. The van der Waals surface area contributed by atoms with Gasteiger partial charge in [-0.1, -0.05) is 13.3 Å². The summed E-state index contributed by atoms with van der Waals surface area (Å²) in [5, 5.41) is 21.3. The van der Waals surface area contributed by atoms with Gasteiger partial charge in [0.25, 0.3) is 0 Å². The van der Waals surface area contributed by atoms with Gasteiger partial charge in [-0.3, -0.25) is 10.1 Å². The first kappa shape index (κ1) is 13.4. The minimum Gasteiger partial charge on any atom is -0.363 e. The van der Waals surface area contributed by atoms with Gasteiger partial charge in [0.2, 0.25) is 5.82 Å². The number of rotatable bonds is 7. The number of anilines is 1. The summed E-state index contributed by atoms with van der Waals surface area (Å²) in [5.41, 5.74) is 0.650. The molecule has 0 spiro atoms. The second-order valence-electron chi connectivity index (χ2n) is 3.80. The van der Waals surface area contributed by atoms with Gasteiger partial charge in [0.15, 0.2) is 0 Å². The van der Waals surface area contributed by atoms with E-state index in [0.717, 1.165) is 13.0 Å². The first-order valence-corrected chi connectivity index (χ1v) is 5.70. The van der Waals surface area contributed by atoms with Gasteiger partial charge in [0.1, 0.15) is 5.69 Å². The standard InChI is InChI=1S/C10H19N5O2/c1-4-5-8-9(15(16)17)10(14(3)13-8)12-7-6-11-2/h11-12H,4-7H2,1-3H3. The van der Waals surface area contributed by atoms with E-state index in [2.05, 4.69) is 15.7 Å². The molecule has 2 N–H and O–H groups in total. The molecule has 0 atom stereocenters. The number of nitro groups is 1. The highest BCUT2D eigenvalue weighted by Gasteiger charge is 2.25. The third-order valence-electron chi connectivity index (χ3n) is 2.43. The Kier molecular flexibility index (Phi) is 4.89. The highest BCUT2D eigenvalue weighted by atomic mass is 16.6. The Labute approximate surface area is 100 Å². The quantitative estimate of drug-likeness (QED) is 0.421. The van der Waals surface area contributed by atoms with Gasteiger partial charge in [0, 0.05) is 20.1 Å². The van der Waals surface area contributed by atoms with Gasteiger partial charge in [-0.2, -0.15) is 5.10 Å². The predicted molar refractivity (Wildman–Crippen MR) is 66.3 cm³/mol. The van der Waals surface area contributed by atoms with Crippen LogP contribution >= 0.6 is 0 Å². The average Bonchev–Trinajstić information content (AvgIpc) is 2.56. The fraction of sp³-hybridized carbons (Fsp3) is 0.700. The number of hydrogen-bond donors (Lipinski definition) is 2. The van der Waals surface area contributed by atoms with E-state index in [0.29, 0.717) is 24.5 Å². The number of nitrogens with one attached hydrogen (secondary N) is 2. The summed E-state index contributed by atoms with van der Waals surface area (Å²) in [5.74, 6) is 0.480. The van der Waals surface area contributed by atoms with Crippen molar-refractivity contribution < 1.29 is 4.92 Å². The fourth-order valence-corrected chi connectivity index (χ4v) is 1.67. The normalized spacial score (nSPS) is 10.5. The molecular weight excluding hydrogens is 222 g/mol. The maximum Gasteiger partial charge on any atom is 0.333 e. The third-order valence-corrected chi connectivity index (χ3v) is 2.43. The molecule has 0 fully saturated rings. The largest absolute Gasteiger partial charge is 0.363 e. The van der Waals surface area contributed by atoms with Gasteiger partial charge in [0.05, 0.1) is 4.92 Å². The Morgan fingerprint density at radius 3 is 2.71 bits per heavy atom. The SMILES string of the molecule is CCCc1nn(C)c(NCCNC)c1[N+](=O)[O-]. The van der Waals surface area contributed by atoms with Crippen LogP contribution in [0.3, 0.4) is 0 Å². The Balaban J connectivity index is 2.96. The minimum absolute atomic E-state index is 0.102. The van der Waals surface area contributed by atoms with Crippen LogP contribution in [-0.2, 0) is 13.5 Å². The summed E-state index contributed by atoms with van der Waals surface area (Å²) in [6.45, 7) is 3.35. The molecule has 0 aliphatic carbocycles. The first-order chi connectivity index (χ1) is 8.11. The summed E-state index contributed by atoms with van der Waals surface area (Å²) in [6.07, 6.45) is 1.46. The Bertz CT molecular complexity index is 388. The van der Waals surface area contributed by atoms with Crippen molar-refractivity contribution in [1.82, 2.24) is 15.1 Å². The van der Waals surface area contributed by atoms with E-state index in [4.69, 9.17) is 0 Å². The summed E-state index contributed by atoms with van der Waals surface area (Å²) in [4.78, 5) is 10.7. The zero-order chi connectivity index (χ0) is 12.8. The number of aryl methyl sites for hydroxylation is 2. The van der Waals surface area contributed by atoms with E-state index in [9.17, 15) is 10.1 Å². The zero-order valence-corrected chi connectivity index (χ0v) is 10.5. The van der Waals surface area contributed by atoms with Crippen LogP contribution < -0.4 is 10.6 Å². The van der Waals surface area contributed by atoms with Crippen molar-refractivity contribution >= 4 is 11.5 Å². The second-order valence-corrected chi connectivity index (χ2v) is 3.80. The van der Waals surface area contributed by atoms with E-state index in [-0.39, 0.29) is 10.6 Å². The Hall–Kier alpha value is -1.63. The van der Waals surface area contributed by atoms with Gasteiger partial charge in [-0.15, -0.1) is 0 Å². The molecule has 1 aromatic rings. The van der Waals surface area contributed by atoms with E-state index in [1.54, 1.807) is 11.7 Å². The number of hydrogen-bond acceptors (Lipinski definition) is 5. The van der Waals surface area contributed by atoms with Crippen LogP contribution in [0.4, 0.5) is 11.5 Å². The number of aromatic nitrogens is 2. The Morgan fingerprint density at radius 1 is 1.47 bits per heavy atom. The second kappa shape index (κ2) is 6.19. The third kappa shape index (κ3) is 3.16. The van der Waals surface area contributed by atoms with Crippen molar-refractivity contribution in [2.45, 2.75) is 19.8 Å². The number of nitrogens with zero attached hydrogens (tertiary/aromatic N) is 3. The van der Waals surface area contributed by atoms with Gasteiger partial charge >= 0.3 is 5.69 Å². The lowest BCUT2D eigenvalue weighted by atomic mass is 10.2. The molecule has 0 aliphatic rings. The molecule has 0 bridgehead atoms. The van der Waals surface area contributed by atoms with Crippen LogP contribution in [0.25, 0.3) is 0 Å². The highest BCUT2D eigenvalue weighted by molar-refractivity contribution is 5.59. The van der Waals surface area contributed by atoms with Crippen LogP contribution in [0.2, 0.25) is 0 Å². The van der Waals surface area contributed by atoms with E-state index in [1.807, 2.05) is 14.0 Å². The summed E-state index contributed by atoms with van der Waals surface area (Å²) in [7, 11) is 3.55. The van der Waals surface area contributed by atoms with Crippen LogP contribution in [0.1, 0.15) is 19.0 Å². The molecule has 0 unspecified atom stereocenters. The predicted octanol–water partition coefficient (Wildman–Crippen LogP) is 0.912. The maximum absolute atomic E-state index is 11.1. The lowest BCUT2D eigenvalue weighted by molar-refractivity contribution is -0.384. The molecule has 1 rings (SSSR count). The van der Waals surface area contributed by atoms with E-state index in [1.165, 1.54) is 0 Å². The van der Waals surface area contributed by atoms with E-state index < -0.39 is 0 Å². The van der Waals surface area contributed by atoms with Crippen molar-refractivity contribution in [2.75, 3.05) is 25.5 Å². The van der Waals surface area contributed by atoms with Crippen molar-refractivity contribution in [1.29, 1.82) is 0 Å². The number of likely N-dealkylation sites (N-methyl/N-ethyl adjacent to an activating group) is 1. The van der Waals surface area contributed by atoms with Crippen molar-refractivity contribution in [2.24, 2.45) is 7.05 Å². The van der Waals surface area contributed by atoms with Crippen LogP contribution in [0, 0.1) is 10.1 Å². The maximum atomic E-state index is 11.1. The molecule has 0 saturated heterocycles. The molecule has 0 saturated carbocycles. The summed E-state index contributed by atoms with van der Waals surface area (Å²) >= 11 is 0. The molecular formula is C10H19N5O2. The van der Waals surface area contributed by atoms with Gasteiger partial charge in [-0.25, -0.2) is 4.68 Å². The minimum atomic E-state index is -0.361. The van der Waals surface area contributed by atoms with Crippen LogP contribution in [0.15, 0.2) is 0 Å². The molecule has 0 aromatic carbocycles. The van der Waals surface area contributed by atoms with Crippen molar-refractivity contribution in [3.05, 3.63) is 15.8 Å².